The van der Waals surface area contributed by atoms with E-state index in [2.05, 4.69) is 25.2 Å². The molecule has 0 radical (unpaired) electrons. The Bertz CT molecular complexity index is 194. The van der Waals surface area contributed by atoms with Crippen LogP contribution in [0.3, 0.4) is 0 Å². The third-order valence-electron chi connectivity index (χ3n) is 2.92. The van der Waals surface area contributed by atoms with Gasteiger partial charge in [-0.1, -0.05) is 31.6 Å². The molecule has 11 heavy (non-hydrogen) atoms. The average Bonchev–Trinajstić information content (AvgIpc) is 1.90. The normalized spacial score (nSPS) is 31.4. The molecule has 0 aromatic rings. The molecule has 60 valence electrons. The molecule has 0 aliphatic heterocycles. The molecule has 0 aromatic heterocycles. The van der Waals surface area contributed by atoms with Crippen LogP contribution in [0.15, 0.2) is 23.8 Å². The van der Waals surface area contributed by atoms with Crippen LogP contribution in [0.4, 0.5) is 0 Å². The van der Waals surface area contributed by atoms with Crippen molar-refractivity contribution in [2.24, 2.45) is 11.8 Å². The summed E-state index contributed by atoms with van der Waals surface area (Å²) in [5.74, 6) is 1.71. The fraction of sp³-hybridized carbons (Fsp3) is 0.636. The number of hydrogen-bond donors (Lipinski definition) is 0. The molecule has 0 bridgehead atoms. The predicted molar refractivity (Wildman–Crippen MR) is 48.3 cm³/mol. The fourth-order valence-electron chi connectivity index (χ4n) is 1.79. The van der Waals surface area contributed by atoms with Gasteiger partial charge in [0.25, 0.3) is 0 Å². The largest absolute Gasteiger partial charge is 0.0811 e. The van der Waals surface area contributed by atoms with E-state index in [1.54, 1.807) is 5.57 Å². The first-order valence-electron chi connectivity index (χ1n) is 4.74. The van der Waals surface area contributed by atoms with Crippen molar-refractivity contribution in [3.63, 3.8) is 0 Å². The lowest BCUT2D eigenvalue weighted by Gasteiger charge is -2.28. The van der Waals surface area contributed by atoms with Crippen LogP contribution < -0.4 is 0 Å². The molecular weight excluding hydrogens is 132 g/mol. The van der Waals surface area contributed by atoms with E-state index < -0.39 is 0 Å². The van der Waals surface area contributed by atoms with Crippen molar-refractivity contribution < 1.29 is 0 Å². The van der Waals surface area contributed by atoms with E-state index in [0.717, 1.165) is 11.8 Å². The van der Waals surface area contributed by atoms with Gasteiger partial charge >= 0.3 is 0 Å². The molecule has 2 aliphatic rings. The molecule has 0 N–H and O–H groups in total. The zero-order valence-electron chi connectivity index (χ0n) is 7.22. The molecule has 1 atom stereocenters. The van der Waals surface area contributed by atoms with Gasteiger partial charge in [-0.2, -0.15) is 0 Å². The predicted octanol–water partition coefficient (Wildman–Crippen LogP) is 3.31. The van der Waals surface area contributed by atoms with E-state index in [-0.39, 0.29) is 0 Å². The summed E-state index contributed by atoms with van der Waals surface area (Å²) in [6, 6.07) is 0. The van der Waals surface area contributed by atoms with Gasteiger partial charge in [0.05, 0.1) is 0 Å². The maximum atomic E-state index is 2.44. The van der Waals surface area contributed by atoms with E-state index in [0.29, 0.717) is 0 Å². The van der Waals surface area contributed by atoms with E-state index in [1.165, 1.54) is 25.7 Å². The molecule has 0 heteroatoms. The zero-order chi connectivity index (χ0) is 7.68. The quantitative estimate of drug-likeness (QED) is 0.535. The van der Waals surface area contributed by atoms with Gasteiger partial charge in [0.2, 0.25) is 0 Å². The molecule has 0 heterocycles. The number of rotatable bonds is 1. The lowest BCUT2D eigenvalue weighted by Crippen LogP contribution is -2.14. The van der Waals surface area contributed by atoms with Crippen LogP contribution in [0.1, 0.15) is 32.6 Å². The maximum absolute atomic E-state index is 2.44. The van der Waals surface area contributed by atoms with Crippen molar-refractivity contribution in [1.29, 1.82) is 0 Å². The molecule has 0 amide bonds. The smallest absolute Gasteiger partial charge is 0.0165 e. The van der Waals surface area contributed by atoms with Gasteiger partial charge < -0.3 is 0 Å². The first kappa shape index (κ1) is 7.15. The molecule has 1 saturated carbocycles. The topological polar surface area (TPSA) is 0 Å². The average molecular weight is 148 g/mol. The van der Waals surface area contributed by atoms with Gasteiger partial charge in [0.15, 0.2) is 0 Å². The Hall–Kier alpha value is -0.520. The second-order valence-corrected chi connectivity index (χ2v) is 3.90. The van der Waals surface area contributed by atoms with E-state index in [9.17, 15) is 0 Å². The molecule has 0 nitrogen and oxygen atoms in total. The number of allylic oxidation sites excluding steroid dienone is 4. The third-order valence-corrected chi connectivity index (χ3v) is 2.92. The van der Waals surface area contributed by atoms with Crippen LogP contribution in [-0.2, 0) is 0 Å². The molecular formula is C11H16. The van der Waals surface area contributed by atoms with Crippen LogP contribution in [0, 0.1) is 11.8 Å². The minimum Gasteiger partial charge on any atom is -0.0811 e. The van der Waals surface area contributed by atoms with Crippen molar-refractivity contribution in [2.45, 2.75) is 32.6 Å². The summed E-state index contributed by atoms with van der Waals surface area (Å²) in [6.45, 7) is 2.28. The molecule has 0 aromatic carbocycles. The van der Waals surface area contributed by atoms with Gasteiger partial charge in [-0.15, -0.1) is 0 Å². The van der Waals surface area contributed by atoms with Gasteiger partial charge in [-0.25, -0.2) is 0 Å². The highest BCUT2D eigenvalue weighted by Gasteiger charge is 2.21. The Morgan fingerprint density at radius 2 is 2.18 bits per heavy atom. The van der Waals surface area contributed by atoms with Gasteiger partial charge in [0, 0.05) is 0 Å². The Morgan fingerprint density at radius 1 is 1.36 bits per heavy atom. The van der Waals surface area contributed by atoms with Crippen LogP contribution in [0.25, 0.3) is 0 Å². The molecule has 1 fully saturated rings. The van der Waals surface area contributed by atoms with E-state index in [1.807, 2.05) is 0 Å². The zero-order valence-corrected chi connectivity index (χ0v) is 7.22. The van der Waals surface area contributed by atoms with Crippen molar-refractivity contribution in [3.8, 4) is 0 Å². The third kappa shape index (κ3) is 1.40. The van der Waals surface area contributed by atoms with Crippen molar-refractivity contribution in [1.82, 2.24) is 0 Å². The molecule has 0 saturated heterocycles. The molecule has 2 rings (SSSR count). The highest BCUT2D eigenvalue weighted by atomic mass is 14.3. The Morgan fingerprint density at radius 3 is 2.64 bits per heavy atom. The van der Waals surface area contributed by atoms with Crippen LogP contribution >= 0.6 is 0 Å². The molecule has 1 unspecified atom stereocenters. The van der Waals surface area contributed by atoms with Gasteiger partial charge in [-0.3, -0.25) is 0 Å². The summed E-state index contributed by atoms with van der Waals surface area (Å²) in [4.78, 5) is 0. The lowest BCUT2D eigenvalue weighted by molar-refractivity contribution is 0.371. The summed E-state index contributed by atoms with van der Waals surface area (Å²) in [7, 11) is 0. The van der Waals surface area contributed by atoms with E-state index in [4.69, 9.17) is 0 Å². The highest BCUT2D eigenvalue weighted by molar-refractivity contribution is 5.27. The summed E-state index contributed by atoms with van der Waals surface area (Å²) in [5, 5.41) is 0. The first-order chi connectivity index (χ1) is 5.36. The fourth-order valence-corrected chi connectivity index (χ4v) is 1.79. The summed E-state index contributed by atoms with van der Waals surface area (Å²) >= 11 is 0. The standard InChI is InChI=1S/C11H16/c1-9-5-7-11(8-6-9)10-3-2-4-10/h5,7-10H,2-4,6H2,1H3. The Balaban J connectivity index is 1.99. The summed E-state index contributed by atoms with van der Waals surface area (Å²) < 4.78 is 0. The highest BCUT2D eigenvalue weighted by Crippen LogP contribution is 2.35. The van der Waals surface area contributed by atoms with Crippen LogP contribution in [-0.4, -0.2) is 0 Å². The summed E-state index contributed by atoms with van der Waals surface area (Å²) in [5.41, 5.74) is 1.62. The van der Waals surface area contributed by atoms with E-state index >= 15 is 0 Å². The second-order valence-electron chi connectivity index (χ2n) is 3.90. The van der Waals surface area contributed by atoms with Crippen molar-refractivity contribution in [2.75, 3.05) is 0 Å². The Labute approximate surface area is 69.0 Å². The van der Waals surface area contributed by atoms with Gasteiger partial charge in [0.1, 0.15) is 0 Å². The summed E-state index contributed by atoms with van der Waals surface area (Å²) in [6.07, 6.45) is 12.7. The minimum absolute atomic E-state index is 0.777. The SMILES string of the molecule is CC1C=CC(C2CCC2)=CC1. The maximum Gasteiger partial charge on any atom is -0.0165 e. The van der Waals surface area contributed by atoms with Crippen molar-refractivity contribution in [3.05, 3.63) is 23.8 Å². The molecule has 2 aliphatic carbocycles. The lowest BCUT2D eigenvalue weighted by atomic mass is 9.77. The van der Waals surface area contributed by atoms with Gasteiger partial charge in [-0.05, 0) is 36.7 Å². The Kier molecular flexibility index (Phi) is 1.85. The monoisotopic (exact) mass is 148 g/mol. The van der Waals surface area contributed by atoms with Crippen molar-refractivity contribution >= 4 is 0 Å². The molecule has 0 spiro atoms. The second kappa shape index (κ2) is 2.84. The van der Waals surface area contributed by atoms with Crippen LogP contribution in [0.2, 0.25) is 0 Å². The number of hydrogen-bond acceptors (Lipinski definition) is 0. The first-order valence-corrected chi connectivity index (χ1v) is 4.74. The van der Waals surface area contributed by atoms with Crippen LogP contribution in [0.5, 0.6) is 0 Å². The minimum atomic E-state index is 0.777.